The van der Waals surface area contributed by atoms with E-state index in [2.05, 4.69) is 69.5 Å². The van der Waals surface area contributed by atoms with Crippen LogP contribution in [0.15, 0.2) is 48.9 Å². The zero-order chi connectivity index (χ0) is 12.3. The fourth-order valence-corrected chi connectivity index (χ4v) is 2.53. The van der Waals surface area contributed by atoms with E-state index in [0.29, 0.717) is 0 Å². The summed E-state index contributed by atoms with van der Waals surface area (Å²) in [5.41, 5.74) is 2.26. The maximum Gasteiger partial charge on any atom is 0.238 e. The van der Waals surface area contributed by atoms with Gasteiger partial charge in [-0.05, 0) is 47.8 Å². The molecule has 2 aromatic rings. The molecule has 17 heavy (non-hydrogen) atoms. The van der Waals surface area contributed by atoms with Gasteiger partial charge >= 0.3 is 0 Å². The molecule has 0 fully saturated rings. The highest BCUT2D eigenvalue weighted by Crippen LogP contribution is 2.42. The highest BCUT2D eigenvalue weighted by atomic mass is 80.0. The summed E-state index contributed by atoms with van der Waals surface area (Å²) in [5, 5.41) is 0. The van der Waals surface area contributed by atoms with Gasteiger partial charge in [0, 0.05) is 5.56 Å². The molecule has 2 rings (SSSR count). The molecule has 0 saturated carbocycles. The average Bonchev–Trinajstić information content (AvgIpc) is 2.30. The number of rotatable bonds is 2. The fraction of sp³-hybridized carbons (Fsp3) is 0.167. The summed E-state index contributed by atoms with van der Waals surface area (Å²) in [5.74, 6) is 0. The average molecular weight is 422 g/mol. The molecular formula is C12H10Br3N2+. The van der Waals surface area contributed by atoms with E-state index < -0.39 is 2.14 Å². The van der Waals surface area contributed by atoms with Crippen LogP contribution in [0.1, 0.15) is 11.3 Å². The van der Waals surface area contributed by atoms with E-state index in [9.17, 15) is 0 Å². The van der Waals surface area contributed by atoms with Gasteiger partial charge in [-0.25, -0.2) is 0 Å². The Hall–Kier alpha value is -0.260. The molecule has 1 heterocycles. The molecule has 0 radical (unpaired) electrons. The third-order valence-corrected chi connectivity index (χ3v) is 3.54. The molecular weight excluding hydrogens is 412 g/mol. The molecule has 0 N–H and O–H groups in total. The van der Waals surface area contributed by atoms with Crippen LogP contribution in [0.4, 0.5) is 0 Å². The van der Waals surface area contributed by atoms with Gasteiger partial charge in [0.25, 0.3) is 0 Å². The zero-order valence-electron chi connectivity index (χ0n) is 8.85. The summed E-state index contributed by atoms with van der Waals surface area (Å²) in [7, 11) is 0. The molecule has 0 aliphatic heterocycles. The largest absolute Gasteiger partial charge is 0.252 e. The van der Waals surface area contributed by atoms with Crippen molar-refractivity contribution in [3.8, 4) is 0 Å². The van der Waals surface area contributed by atoms with Crippen molar-refractivity contribution in [3.05, 3.63) is 60.2 Å². The van der Waals surface area contributed by atoms with Gasteiger partial charge in [-0.1, -0.05) is 30.3 Å². The molecule has 1 aromatic carbocycles. The number of alkyl halides is 3. The van der Waals surface area contributed by atoms with Crippen LogP contribution >= 0.6 is 47.8 Å². The third kappa shape index (κ3) is 3.60. The predicted molar refractivity (Wildman–Crippen MR) is 78.4 cm³/mol. The molecule has 0 atom stereocenters. The Morgan fingerprint density at radius 3 is 2.47 bits per heavy atom. The number of hydrogen-bond donors (Lipinski definition) is 0. The first-order valence-corrected chi connectivity index (χ1v) is 7.40. The Balaban J connectivity index is 2.34. The molecule has 0 bridgehead atoms. The Bertz CT molecular complexity index is 495. The van der Waals surface area contributed by atoms with Crippen molar-refractivity contribution in [2.75, 3.05) is 0 Å². The molecule has 1 aromatic heterocycles. The van der Waals surface area contributed by atoms with Crippen LogP contribution in [0.3, 0.4) is 0 Å². The van der Waals surface area contributed by atoms with Crippen LogP contribution in [0.2, 0.25) is 0 Å². The van der Waals surface area contributed by atoms with E-state index in [0.717, 1.165) is 12.2 Å². The first kappa shape index (κ1) is 13.2. The lowest BCUT2D eigenvalue weighted by Crippen LogP contribution is -2.41. The number of nitrogens with zero attached hydrogens (tertiary/aromatic N) is 2. The molecule has 2 nitrogen and oxygen atoms in total. The monoisotopic (exact) mass is 419 g/mol. The number of hydrogen-bond acceptors (Lipinski definition) is 1. The Kier molecular flexibility index (Phi) is 4.33. The minimum absolute atomic E-state index is 0.448. The second-order valence-corrected chi connectivity index (χ2v) is 10.3. The SMILES string of the molecule is BrC(Br)(Br)c1cncc[n+]1Cc1ccccc1. The minimum atomic E-state index is -0.448. The summed E-state index contributed by atoms with van der Waals surface area (Å²) >= 11 is 10.6. The van der Waals surface area contributed by atoms with Crippen LogP contribution in [-0.2, 0) is 8.69 Å². The molecule has 0 saturated heterocycles. The van der Waals surface area contributed by atoms with Gasteiger partial charge < -0.3 is 0 Å². The molecule has 5 heteroatoms. The van der Waals surface area contributed by atoms with Crippen molar-refractivity contribution in [2.45, 2.75) is 8.69 Å². The van der Waals surface area contributed by atoms with Gasteiger partial charge in [-0.15, -0.1) is 0 Å². The lowest BCUT2D eigenvalue weighted by atomic mass is 10.2. The van der Waals surface area contributed by atoms with E-state index >= 15 is 0 Å². The summed E-state index contributed by atoms with van der Waals surface area (Å²) < 4.78 is 1.68. The van der Waals surface area contributed by atoms with Crippen molar-refractivity contribution in [1.29, 1.82) is 0 Å². The smallest absolute Gasteiger partial charge is 0.238 e. The van der Waals surface area contributed by atoms with Crippen LogP contribution in [0.5, 0.6) is 0 Å². The molecule has 0 unspecified atom stereocenters. The second kappa shape index (κ2) is 5.59. The Morgan fingerprint density at radius 2 is 1.82 bits per heavy atom. The standard InChI is InChI=1S/C12H10Br3N2/c13-12(14,15)11-8-16-6-7-17(11)9-10-4-2-1-3-5-10/h1-8H,9H2/q+1. The molecule has 88 valence electrons. The van der Waals surface area contributed by atoms with Gasteiger partial charge in [0.15, 0.2) is 12.7 Å². The number of aromatic nitrogens is 2. The molecule has 0 spiro atoms. The van der Waals surface area contributed by atoms with Crippen LogP contribution in [0, 0.1) is 0 Å². The lowest BCUT2D eigenvalue weighted by molar-refractivity contribution is -0.695. The fourth-order valence-electron chi connectivity index (χ4n) is 1.54. The van der Waals surface area contributed by atoms with E-state index in [1.165, 1.54) is 5.56 Å². The van der Waals surface area contributed by atoms with E-state index in [1.54, 1.807) is 6.20 Å². The zero-order valence-corrected chi connectivity index (χ0v) is 13.6. The summed E-state index contributed by atoms with van der Waals surface area (Å²) in [4.78, 5) is 4.14. The number of benzene rings is 1. The highest BCUT2D eigenvalue weighted by Gasteiger charge is 2.31. The topological polar surface area (TPSA) is 16.8 Å². The summed E-state index contributed by atoms with van der Waals surface area (Å²) in [6.07, 6.45) is 5.56. The quantitative estimate of drug-likeness (QED) is 0.533. The predicted octanol–water partition coefficient (Wildman–Crippen LogP) is 3.71. The maximum atomic E-state index is 4.14. The van der Waals surface area contributed by atoms with Crippen LogP contribution in [-0.4, -0.2) is 4.98 Å². The highest BCUT2D eigenvalue weighted by molar-refractivity contribution is 9.38. The Labute approximate surface area is 125 Å². The van der Waals surface area contributed by atoms with Crippen molar-refractivity contribution >= 4 is 47.8 Å². The Morgan fingerprint density at radius 1 is 1.12 bits per heavy atom. The molecule has 0 aliphatic carbocycles. The van der Waals surface area contributed by atoms with Gasteiger partial charge in [-0.3, -0.25) is 4.98 Å². The normalized spacial score (nSPS) is 11.5. The van der Waals surface area contributed by atoms with Gasteiger partial charge in [0.1, 0.15) is 0 Å². The van der Waals surface area contributed by atoms with Gasteiger partial charge in [0.2, 0.25) is 7.84 Å². The minimum Gasteiger partial charge on any atom is -0.252 e. The van der Waals surface area contributed by atoms with Crippen molar-refractivity contribution < 1.29 is 4.57 Å². The summed E-state index contributed by atoms with van der Waals surface area (Å²) in [6.45, 7) is 0.809. The van der Waals surface area contributed by atoms with Crippen molar-refractivity contribution in [1.82, 2.24) is 4.98 Å². The van der Waals surface area contributed by atoms with Gasteiger partial charge in [0.05, 0.1) is 12.4 Å². The van der Waals surface area contributed by atoms with Gasteiger partial charge in [-0.2, -0.15) is 4.57 Å². The van der Waals surface area contributed by atoms with Crippen LogP contribution < -0.4 is 4.57 Å². The maximum absolute atomic E-state index is 4.14. The van der Waals surface area contributed by atoms with E-state index in [-0.39, 0.29) is 0 Å². The van der Waals surface area contributed by atoms with Crippen LogP contribution in [0.25, 0.3) is 0 Å². The first-order valence-electron chi connectivity index (χ1n) is 5.02. The second-order valence-electron chi connectivity index (χ2n) is 3.57. The van der Waals surface area contributed by atoms with E-state index in [4.69, 9.17) is 0 Å². The van der Waals surface area contributed by atoms with Crippen molar-refractivity contribution in [2.24, 2.45) is 0 Å². The molecule has 0 amide bonds. The lowest BCUT2D eigenvalue weighted by Gasteiger charge is -2.10. The summed E-state index contributed by atoms with van der Waals surface area (Å²) in [6, 6.07) is 10.3. The van der Waals surface area contributed by atoms with Crippen molar-refractivity contribution in [3.63, 3.8) is 0 Å². The third-order valence-electron chi connectivity index (χ3n) is 2.33. The number of halogens is 3. The first-order chi connectivity index (χ1) is 8.07. The van der Waals surface area contributed by atoms with E-state index in [1.807, 2.05) is 30.6 Å². The molecule has 0 aliphatic rings.